The summed E-state index contributed by atoms with van der Waals surface area (Å²) in [5.41, 5.74) is 1.36. The molecule has 1 amide bonds. The van der Waals surface area contributed by atoms with E-state index < -0.39 is 10.0 Å². The van der Waals surface area contributed by atoms with Gasteiger partial charge in [0.15, 0.2) is 0 Å². The summed E-state index contributed by atoms with van der Waals surface area (Å²) in [6.45, 7) is 1.55. The van der Waals surface area contributed by atoms with Gasteiger partial charge in [-0.3, -0.25) is 4.79 Å². The second-order valence-corrected chi connectivity index (χ2v) is 7.75. The number of hydrogen-bond acceptors (Lipinski definition) is 4. The predicted octanol–water partition coefficient (Wildman–Crippen LogP) is 3.29. The predicted molar refractivity (Wildman–Crippen MR) is 105 cm³/mol. The second kappa shape index (κ2) is 7.77. The van der Waals surface area contributed by atoms with Gasteiger partial charge in [-0.1, -0.05) is 36.4 Å². The van der Waals surface area contributed by atoms with Crippen LogP contribution >= 0.6 is 0 Å². The number of amides is 1. The Balaban J connectivity index is 1.94. The number of rotatable bonds is 6. The topological polar surface area (TPSA) is 84.5 Å². The summed E-state index contributed by atoms with van der Waals surface area (Å²) in [6.07, 6.45) is 0. The number of nitrogens with one attached hydrogen (secondary N) is 2. The number of carbonyl (C=O) groups is 1. The molecule has 7 heteroatoms. The van der Waals surface area contributed by atoms with Crippen LogP contribution in [-0.4, -0.2) is 21.4 Å². The van der Waals surface area contributed by atoms with Crippen molar-refractivity contribution in [2.75, 3.05) is 12.4 Å². The van der Waals surface area contributed by atoms with Crippen LogP contribution in [0, 0.1) is 0 Å². The molecule has 0 aliphatic rings. The van der Waals surface area contributed by atoms with E-state index >= 15 is 0 Å². The summed E-state index contributed by atoms with van der Waals surface area (Å²) in [6, 6.07) is 17.4. The highest BCUT2D eigenvalue weighted by Crippen LogP contribution is 2.29. The molecule has 140 valence electrons. The van der Waals surface area contributed by atoms with Crippen LogP contribution in [0.3, 0.4) is 0 Å². The van der Waals surface area contributed by atoms with Crippen LogP contribution < -0.4 is 14.8 Å². The van der Waals surface area contributed by atoms with Crippen molar-refractivity contribution >= 4 is 32.4 Å². The number of anilines is 1. The molecule has 0 aromatic heterocycles. The van der Waals surface area contributed by atoms with Crippen molar-refractivity contribution in [3.63, 3.8) is 0 Å². The maximum atomic E-state index is 12.9. The van der Waals surface area contributed by atoms with E-state index in [1.807, 2.05) is 6.07 Å². The van der Waals surface area contributed by atoms with Crippen molar-refractivity contribution in [1.82, 2.24) is 4.72 Å². The van der Waals surface area contributed by atoms with Gasteiger partial charge in [-0.2, -0.15) is 0 Å². The highest BCUT2D eigenvalue weighted by molar-refractivity contribution is 7.89. The molecule has 0 fully saturated rings. The summed E-state index contributed by atoms with van der Waals surface area (Å²) >= 11 is 0. The third-order valence-electron chi connectivity index (χ3n) is 4.08. The van der Waals surface area contributed by atoms with E-state index in [1.165, 1.54) is 6.92 Å². The van der Waals surface area contributed by atoms with Gasteiger partial charge in [-0.05, 0) is 29.8 Å². The average Bonchev–Trinajstić information content (AvgIpc) is 2.66. The Morgan fingerprint density at radius 3 is 2.44 bits per heavy atom. The minimum atomic E-state index is -3.75. The monoisotopic (exact) mass is 384 g/mol. The molecule has 0 atom stereocenters. The van der Waals surface area contributed by atoms with Gasteiger partial charge >= 0.3 is 0 Å². The van der Waals surface area contributed by atoms with Gasteiger partial charge in [0.1, 0.15) is 5.75 Å². The molecule has 27 heavy (non-hydrogen) atoms. The minimum Gasteiger partial charge on any atom is -0.497 e. The SMILES string of the molecule is COc1cccc(CNS(=O)(=O)c2cccc3c(NC(C)=O)cccc23)c1. The molecule has 0 heterocycles. The van der Waals surface area contributed by atoms with Crippen LogP contribution in [0.2, 0.25) is 0 Å². The van der Waals surface area contributed by atoms with E-state index in [2.05, 4.69) is 10.0 Å². The first-order valence-electron chi connectivity index (χ1n) is 8.32. The maximum Gasteiger partial charge on any atom is 0.241 e. The highest BCUT2D eigenvalue weighted by Gasteiger charge is 2.18. The Hall–Kier alpha value is -2.90. The smallest absolute Gasteiger partial charge is 0.241 e. The minimum absolute atomic E-state index is 0.140. The van der Waals surface area contributed by atoms with Crippen molar-refractivity contribution in [1.29, 1.82) is 0 Å². The fourth-order valence-corrected chi connectivity index (χ4v) is 4.09. The molecule has 0 radical (unpaired) electrons. The first-order chi connectivity index (χ1) is 12.9. The lowest BCUT2D eigenvalue weighted by Gasteiger charge is -2.12. The molecule has 0 unspecified atom stereocenters. The summed E-state index contributed by atoms with van der Waals surface area (Å²) in [5, 5.41) is 3.94. The van der Waals surface area contributed by atoms with Gasteiger partial charge in [0.2, 0.25) is 15.9 Å². The van der Waals surface area contributed by atoms with Gasteiger partial charge in [-0.15, -0.1) is 0 Å². The first-order valence-corrected chi connectivity index (χ1v) is 9.81. The lowest BCUT2D eigenvalue weighted by Crippen LogP contribution is -2.23. The molecule has 0 saturated carbocycles. The Labute approximate surface area is 158 Å². The lowest BCUT2D eigenvalue weighted by molar-refractivity contribution is -0.114. The molecular formula is C20H20N2O4S. The van der Waals surface area contributed by atoms with Crippen LogP contribution in [0.5, 0.6) is 5.75 Å². The molecular weight excluding hydrogens is 364 g/mol. The Kier molecular flexibility index (Phi) is 5.43. The van der Waals surface area contributed by atoms with Crippen LogP contribution in [0.25, 0.3) is 10.8 Å². The zero-order chi connectivity index (χ0) is 19.4. The van der Waals surface area contributed by atoms with Crippen molar-refractivity contribution in [3.05, 3.63) is 66.2 Å². The molecule has 3 rings (SSSR count). The molecule has 0 aliphatic carbocycles. The van der Waals surface area contributed by atoms with E-state index in [9.17, 15) is 13.2 Å². The molecule has 3 aromatic rings. The van der Waals surface area contributed by atoms with Crippen molar-refractivity contribution < 1.29 is 17.9 Å². The summed E-state index contributed by atoms with van der Waals surface area (Å²) in [5.74, 6) is 0.448. The number of benzene rings is 3. The third kappa shape index (κ3) is 4.27. The van der Waals surface area contributed by atoms with Crippen LogP contribution in [0.1, 0.15) is 12.5 Å². The zero-order valence-corrected chi connectivity index (χ0v) is 15.8. The van der Waals surface area contributed by atoms with Crippen LogP contribution in [0.4, 0.5) is 5.69 Å². The molecule has 3 aromatic carbocycles. The number of sulfonamides is 1. The zero-order valence-electron chi connectivity index (χ0n) is 15.0. The molecule has 0 saturated heterocycles. The van der Waals surface area contributed by atoms with E-state index in [4.69, 9.17) is 4.74 Å². The quantitative estimate of drug-likeness (QED) is 0.683. The number of hydrogen-bond donors (Lipinski definition) is 2. The maximum absolute atomic E-state index is 12.9. The molecule has 0 aliphatic heterocycles. The van der Waals surface area contributed by atoms with E-state index in [-0.39, 0.29) is 17.3 Å². The third-order valence-corrected chi connectivity index (χ3v) is 5.54. The lowest BCUT2D eigenvalue weighted by atomic mass is 10.1. The fraction of sp³-hybridized carbons (Fsp3) is 0.150. The highest BCUT2D eigenvalue weighted by atomic mass is 32.2. The standard InChI is InChI=1S/C20H20N2O4S/c1-14(23)22-19-10-4-9-18-17(19)8-5-11-20(18)27(24,25)21-13-15-6-3-7-16(12-15)26-2/h3-12,21H,13H2,1-2H3,(H,22,23). The van der Waals surface area contributed by atoms with E-state index in [0.29, 0.717) is 22.2 Å². The van der Waals surface area contributed by atoms with E-state index in [1.54, 1.807) is 61.7 Å². The largest absolute Gasteiger partial charge is 0.497 e. The normalized spacial score (nSPS) is 11.3. The summed E-state index contributed by atoms with van der Waals surface area (Å²) in [7, 11) is -2.19. The Morgan fingerprint density at radius 1 is 1.00 bits per heavy atom. The van der Waals surface area contributed by atoms with Gasteiger partial charge in [0.05, 0.1) is 12.0 Å². The van der Waals surface area contributed by atoms with Crippen molar-refractivity contribution in [2.24, 2.45) is 0 Å². The fourth-order valence-electron chi connectivity index (χ4n) is 2.85. The van der Waals surface area contributed by atoms with Crippen molar-refractivity contribution in [3.8, 4) is 5.75 Å². The van der Waals surface area contributed by atoms with Gasteiger partial charge in [-0.25, -0.2) is 13.1 Å². The van der Waals surface area contributed by atoms with Gasteiger partial charge in [0.25, 0.3) is 0 Å². The average molecular weight is 384 g/mol. The summed E-state index contributed by atoms with van der Waals surface area (Å²) < 4.78 is 33.5. The van der Waals surface area contributed by atoms with E-state index in [0.717, 1.165) is 5.56 Å². The Morgan fingerprint density at radius 2 is 1.70 bits per heavy atom. The Bertz CT molecular complexity index is 1090. The second-order valence-electron chi connectivity index (χ2n) is 6.01. The van der Waals surface area contributed by atoms with Crippen LogP contribution in [0.15, 0.2) is 65.6 Å². The summed E-state index contributed by atoms with van der Waals surface area (Å²) in [4.78, 5) is 11.6. The number of methoxy groups -OCH3 is 1. The van der Waals surface area contributed by atoms with Crippen LogP contribution in [-0.2, 0) is 21.4 Å². The first kappa shape index (κ1) is 18.9. The number of ether oxygens (including phenoxy) is 1. The number of carbonyl (C=O) groups excluding carboxylic acids is 1. The molecule has 0 spiro atoms. The van der Waals surface area contributed by atoms with Crippen molar-refractivity contribution in [2.45, 2.75) is 18.4 Å². The molecule has 6 nitrogen and oxygen atoms in total. The molecule has 0 bridgehead atoms. The van der Waals surface area contributed by atoms with Gasteiger partial charge in [0, 0.05) is 29.9 Å². The van der Waals surface area contributed by atoms with Gasteiger partial charge < -0.3 is 10.1 Å². The molecule has 2 N–H and O–H groups in total. The number of fused-ring (bicyclic) bond motifs is 1.